The van der Waals surface area contributed by atoms with Crippen LogP contribution in [0, 0.1) is 5.95 Å². The summed E-state index contributed by atoms with van der Waals surface area (Å²) in [6.45, 7) is 4.83. The number of anilines is 1. The molecule has 20 heavy (non-hydrogen) atoms. The van der Waals surface area contributed by atoms with Gasteiger partial charge in [-0.25, -0.2) is 4.98 Å². The van der Waals surface area contributed by atoms with Crippen LogP contribution in [0.25, 0.3) is 0 Å². The highest BCUT2D eigenvalue weighted by Crippen LogP contribution is 2.35. The molecule has 6 heteroatoms. The van der Waals surface area contributed by atoms with Crippen molar-refractivity contribution in [2.75, 3.05) is 38.4 Å². The van der Waals surface area contributed by atoms with Crippen LogP contribution >= 0.6 is 0 Å². The van der Waals surface area contributed by atoms with E-state index in [4.69, 9.17) is 14.2 Å². The van der Waals surface area contributed by atoms with Gasteiger partial charge in [0.25, 0.3) is 0 Å². The van der Waals surface area contributed by atoms with Gasteiger partial charge in [-0.2, -0.15) is 4.39 Å². The van der Waals surface area contributed by atoms with Crippen LogP contribution in [0.2, 0.25) is 0 Å². The molecule has 1 atom stereocenters. The van der Waals surface area contributed by atoms with Gasteiger partial charge >= 0.3 is 0 Å². The number of hydrogen-bond acceptors (Lipinski definition) is 5. The summed E-state index contributed by atoms with van der Waals surface area (Å²) in [5.41, 5.74) is 1.07. The van der Waals surface area contributed by atoms with Crippen LogP contribution in [-0.4, -0.2) is 50.1 Å². The molecule has 0 radical (unpaired) electrons. The molecule has 2 aliphatic heterocycles. The van der Waals surface area contributed by atoms with Gasteiger partial charge in [-0.15, -0.1) is 0 Å². The Morgan fingerprint density at radius 3 is 3.00 bits per heavy atom. The predicted octanol–water partition coefficient (Wildman–Crippen LogP) is 1.36. The molecule has 3 rings (SSSR count). The first-order valence-corrected chi connectivity index (χ1v) is 6.78. The van der Waals surface area contributed by atoms with Gasteiger partial charge in [-0.05, 0) is 18.6 Å². The molecule has 2 aliphatic rings. The summed E-state index contributed by atoms with van der Waals surface area (Å²) < 4.78 is 30.3. The van der Waals surface area contributed by atoms with E-state index in [1.807, 2.05) is 11.8 Å². The highest BCUT2D eigenvalue weighted by Gasteiger charge is 2.50. The number of pyridine rings is 1. The maximum absolute atomic E-state index is 14.1. The molecule has 110 valence electrons. The van der Waals surface area contributed by atoms with E-state index in [0.717, 1.165) is 5.56 Å². The molecule has 0 N–H and O–H groups in total. The molecule has 1 aromatic rings. The Balaban J connectivity index is 1.89. The third-order valence-electron chi connectivity index (χ3n) is 4.14. The van der Waals surface area contributed by atoms with E-state index in [9.17, 15) is 4.39 Å². The van der Waals surface area contributed by atoms with E-state index < -0.39 is 5.95 Å². The summed E-state index contributed by atoms with van der Waals surface area (Å²) in [7, 11) is 1.61. The summed E-state index contributed by atoms with van der Waals surface area (Å²) in [5, 5.41) is 0. The minimum absolute atomic E-state index is 0.0547. The smallest absolute Gasteiger partial charge is 0.236 e. The van der Waals surface area contributed by atoms with E-state index in [1.54, 1.807) is 13.2 Å². The van der Waals surface area contributed by atoms with Crippen LogP contribution in [0.4, 0.5) is 10.1 Å². The average Bonchev–Trinajstić information content (AvgIpc) is 2.40. The second-order valence-corrected chi connectivity index (χ2v) is 5.36. The topological polar surface area (TPSA) is 43.8 Å². The zero-order chi connectivity index (χ0) is 14.2. The van der Waals surface area contributed by atoms with Gasteiger partial charge in [0.05, 0.1) is 38.2 Å². The number of methoxy groups -OCH3 is 1. The average molecular weight is 282 g/mol. The van der Waals surface area contributed by atoms with E-state index in [2.05, 4.69) is 4.98 Å². The fraction of sp³-hybridized carbons (Fsp3) is 0.643. The fourth-order valence-corrected chi connectivity index (χ4v) is 2.83. The van der Waals surface area contributed by atoms with Crippen molar-refractivity contribution in [3.05, 3.63) is 23.8 Å². The number of halogens is 1. The van der Waals surface area contributed by atoms with E-state index in [-0.39, 0.29) is 11.6 Å². The normalized spacial score (nSPS) is 24.8. The van der Waals surface area contributed by atoms with Crippen molar-refractivity contribution in [3.8, 4) is 0 Å². The van der Waals surface area contributed by atoms with Crippen LogP contribution < -0.4 is 4.90 Å². The summed E-state index contributed by atoms with van der Waals surface area (Å²) in [4.78, 5) is 5.86. The van der Waals surface area contributed by atoms with Crippen LogP contribution in [-0.2, 0) is 20.8 Å². The number of morpholine rings is 1. The van der Waals surface area contributed by atoms with Crippen molar-refractivity contribution in [2.45, 2.75) is 25.2 Å². The van der Waals surface area contributed by atoms with Crippen LogP contribution in [0.3, 0.4) is 0 Å². The summed E-state index contributed by atoms with van der Waals surface area (Å²) in [5.74, 6) is -0.450. The zero-order valence-corrected chi connectivity index (χ0v) is 11.8. The maximum atomic E-state index is 14.1. The summed E-state index contributed by atoms with van der Waals surface area (Å²) >= 11 is 0. The second-order valence-electron chi connectivity index (χ2n) is 5.36. The summed E-state index contributed by atoms with van der Waals surface area (Å²) in [6, 6.07) is 1.86. The lowest BCUT2D eigenvalue weighted by molar-refractivity contribution is -0.228. The first-order valence-electron chi connectivity index (χ1n) is 6.78. The SMILES string of the molecule is COCc1cnc(F)c(N2CCOC3(COC3)C2C)c1. The molecule has 0 aromatic carbocycles. The first kappa shape index (κ1) is 13.7. The lowest BCUT2D eigenvalue weighted by Crippen LogP contribution is -2.68. The lowest BCUT2D eigenvalue weighted by atomic mass is 9.90. The molecule has 0 aliphatic carbocycles. The second kappa shape index (κ2) is 5.27. The molecule has 0 bridgehead atoms. The fourth-order valence-electron chi connectivity index (χ4n) is 2.83. The molecule has 0 saturated carbocycles. The van der Waals surface area contributed by atoms with Crippen molar-refractivity contribution in [1.82, 2.24) is 4.98 Å². The zero-order valence-electron chi connectivity index (χ0n) is 11.8. The number of hydrogen-bond donors (Lipinski definition) is 0. The summed E-state index contributed by atoms with van der Waals surface area (Å²) in [6.07, 6.45) is 1.51. The molecule has 5 nitrogen and oxygen atoms in total. The van der Waals surface area contributed by atoms with Gasteiger partial charge in [-0.3, -0.25) is 0 Å². The largest absolute Gasteiger partial charge is 0.380 e. The lowest BCUT2D eigenvalue weighted by Gasteiger charge is -2.53. The molecule has 1 aromatic heterocycles. The highest BCUT2D eigenvalue weighted by atomic mass is 19.1. The quantitative estimate of drug-likeness (QED) is 0.783. The van der Waals surface area contributed by atoms with Crippen LogP contribution in [0.15, 0.2) is 12.3 Å². The van der Waals surface area contributed by atoms with Crippen LogP contribution in [0.5, 0.6) is 0 Å². The Bertz CT molecular complexity index is 493. The monoisotopic (exact) mass is 282 g/mol. The standard InChI is InChI=1S/C14H19FN2O3/c1-10-14(8-19-9-14)20-4-3-17(10)12-5-11(7-18-2)6-16-13(12)15/h5-6,10H,3-4,7-9H2,1-2H3. The van der Waals surface area contributed by atoms with Crippen molar-refractivity contribution in [2.24, 2.45) is 0 Å². The number of aromatic nitrogens is 1. The van der Waals surface area contributed by atoms with Gasteiger partial charge in [0.15, 0.2) is 0 Å². The van der Waals surface area contributed by atoms with Crippen molar-refractivity contribution < 1.29 is 18.6 Å². The molecular formula is C14H19FN2O3. The van der Waals surface area contributed by atoms with Gasteiger partial charge in [-0.1, -0.05) is 0 Å². The van der Waals surface area contributed by atoms with Gasteiger partial charge in [0.1, 0.15) is 5.60 Å². The van der Waals surface area contributed by atoms with Gasteiger partial charge in [0.2, 0.25) is 5.95 Å². The third kappa shape index (κ3) is 2.17. The molecular weight excluding hydrogens is 263 g/mol. The van der Waals surface area contributed by atoms with Crippen molar-refractivity contribution in [3.63, 3.8) is 0 Å². The van der Waals surface area contributed by atoms with E-state index in [1.165, 1.54) is 6.20 Å². The number of ether oxygens (including phenoxy) is 3. The highest BCUT2D eigenvalue weighted by molar-refractivity contribution is 5.49. The molecule has 2 saturated heterocycles. The third-order valence-corrected chi connectivity index (χ3v) is 4.14. The van der Waals surface area contributed by atoms with Crippen LogP contribution in [0.1, 0.15) is 12.5 Å². The van der Waals surface area contributed by atoms with E-state index in [0.29, 0.717) is 38.7 Å². The Labute approximate surface area is 117 Å². The van der Waals surface area contributed by atoms with Gasteiger partial charge < -0.3 is 19.1 Å². The Kier molecular flexibility index (Phi) is 3.62. The Hall–Kier alpha value is -1.24. The van der Waals surface area contributed by atoms with Crippen molar-refractivity contribution in [1.29, 1.82) is 0 Å². The molecule has 1 unspecified atom stereocenters. The number of rotatable bonds is 3. The predicted molar refractivity (Wildman–Crippen MR) is 71.2 cm³/mol. The molecule has 1 spiro atoms. The van der Waals surface area contributed by atoms with E-state index >= 15 is 0 Å². The Morgan fingerprint density at radius 2 is 2.35 bits per heavy atom. The Morgan fingerprint density at radius 1 is 1.55 bits per heavy atom. The molecule has 3 heterocycles. The minimum atomic E-state index is -0.450. The van der Waals surface area contributed by atoms with Crippen molar-refractivity contribution >= 4 is 5.69 Å². The molecule has 2 fully saturated rings. The van der Waals surface area contributed by atoms with Gasteiger partial charge in [0, 0.05) is 19.9 Å². The molecule has 0 amide bonds. The maximum Gasteiger partial charge on any atom is 0.236 e. The minimum Gasteiger partial charge on any atom is -0.380 e. The first-order chi connectivity index (χ1) is 9.66. The number of nitrogens with zero attached hydrogens (tertiary/aromatic N) is 2.